The zero-order valence-electron chi connectivity index (χ0n) is 12.8. The number of rotatable bonds is 5. The second kappa shape index (κ2) is 7.18. The SMILES string of the molecule is COc1cc(C)c(CC(=O)Nc2cccc(Cl)c2)cc1OC. The molecule has 2 aromatic carbocycles. The van der Waals surface area contributed by atoms with Gasteiger partial charge in [0.1, 0.15) is 0 Å². The Labute approximate surface area is 135 Å². The fraction of sp³-hybridized carbons (Fsp3) is 0.235. The first kappa shape index (κ1) is 16.2. The Balaban J connectivity index is 2.14. The highest BCUT2D eigenvalue weighted by molar-refractivity contribution is 6.30. The standard InChI is InChI=1S/C17H18ClNO3/c1-11-7-15(21-2)16(22-3)8-12(11)9-17(20)19-14-6-4-5-13(18)10-14/h4-8,10H,9H2,1-3H3,(H,19,20). The first-order chi connectivity index (χ1) is 10.5. The predicted molar refractivity (Wildman–Crippen MR) is 88.1 cm³/mol. The fourth-order valence-electron chi connectivity index (χ4n) is 2.16. The Hall–Kier alpha value is -2.20. The number of carbonyl (C=O) groups excluding carboxylic acids is 1. The van der Waals surface area contributed by atoms with Gasteiger partial charge < -0.3 is 14.8 Å². The molecule has 0 unspecified atom stereocenters. The molecule has 1 amide bonds. The molecule has 0 fully saturated rings. The van der Waals surface area contributed by atoms with Crippen molar-refractivity contribution in [3.8, 4) is 11.5 Å². The summed E-state index contributed by atoms with van der Waals surface area (Å²) in [6, 6.07) is 10.7. The molecule has 5 heteroatoms. The van der Waals surface area contributed by atoms with Gasteiger partial charge in [-0.05, 0) is 48.4 Å². The molecule has 0 saturated carbocycles. The Morgan fingerprint density at radius 1 is 1.14 bits per heavy atom. The monoisotopic (exact) mass is 319 g/mol. The number of hydrogen-bond donors (Lipinski definition) is 1. The second-order valence-electron chi connectivity index (χ2n) is 4.87. The van der Waals surface area contributed by atoms with E-state index in [-0.39, 0.29) is 12.3 Å². The van der Waals surface area contributed by atoms with E-state index in [1.807, 2.05) is 19.1 Å². The Kier molecular flexibility index (Phi) is 5.28. The molecule has 0 saturated heterocycles. The third-order valence-corrected chi connectivity index (χ3v) is 3.54. The van der Waals surface area contributed by atoms with Crippen molar-refractivity contribution in [2.45, 2.75) is 13.3 Å². The van der Waals surface area contributed by atoms with E-state index in [0.29, 0.717) is 22.2 Å². The predicted octanol–water partition coefficient (Wildman–Crippen LogP) is 3.85. The minimum Gasteiger partial charge on any atom is -0.493 e. The van der Waals surface area contributed by atoms with Crippen LogP contribution in [-0.4, -0.2) is 20.1 Å². The molecular weight excluding hydrogens is 302 g/mol. The number of carbonyl (C=O) groups is 1. The molecule has 0 bridgehead atoms. The van der Waals surface area contributed by atoms with Gasteiger partial charge in [-0.15, -0.1) is 0 Å². The summed E-state index contributed by atoms with van der Waals surface area (Å²) in [6.07, 6.45) is 0.249. The van der Waals surface area contributed by atoms with Crippen LogP contribution in [0.25, 0.3) is 0 Å². The topological polar surface area (TPSA) is 47.6 Å². The van der Waals surface area contributed by atoms with Crippen molar-refractivity contribution in [1.29, 1.82) is 0 Å². The van der Waals surface area contributed by atoms with Crippen LogP contribution in [0, 0.1) is 6.92 Å². The summed E-state index contributed by atoms with van der Waals surface area (Å²) in [7, 11) is 3.16. The molecule has 0 aromatic heterocycles. The number of aryl methyl sites for hydroxylation is 1. The molecule has 2 rings (SSSR count). The number of ether oxygens (including phenoxy) is 2. The highest BCUT2D eigenvalue weighted by Gasteiger charge is 2.12. The minimum atomic E-state index is -0.113. The number of hydrogen-bond acceptors (Lipinski definition) is 3. The van der Waals surface area contributed by atoms with Gasteiger partial charge >= 0.3 is 0 Å². The zero-order chi connectivity index (χ0) is 16.1. The van der Waals surface area contributed by atoms with Crippen molar-refractivity contribution in [2.75, 3.05) is 19.5 Å². The number of methoxy groups -OCH3 is 2. The van der Waals surface area contributed by atoms with Crippen LogP contribution >= 0.6 is 11.6 Å². The maximum absolute atomic E-state index is 12.2. The minimum absolute atomic E-state index is 0.113. The highest BCUT2D eigenvalue weighted by atomic mass is 35.5. The molecule has 0 aliphatic carbocycles. The summed E-state index contributed by atoms with van der Waals surface area (Å²) in [4.78, 5) is 12.2. The first-order valence-corrected chi connectivity index (χ1v) is 7.18. The molecule has 0 aliphatic heterocycles. The maximum Gasteiger partial charge on any atom is 0.228 e. The van der Waals surface area contributed by atoms with Crippen molar-refractivity contribution in [3.05, 3.63) is 52.5 Å². The van der Waals surface area contributed by atoms with Gasteiger partial charge in [-0.2, -0.15) is 0 Å². The van der Waals surface area contributed by atoms with E-state index in [2.05, 4.69) is 5.32 Å². The number of benzene rings is 2. The molecule has 22 heavy (non-hydrogen) atoms. The van der Waals surface area contributed by atoms with Crippen molar-refractivity contribution in [2.24, 2.45) is 0 Å². The van der Waals surface area contributed by atoms with Crippen molar-refractivity contribution < 1.29 is 14.3 Å². The largest absolute Gasteiger partial charge is 0.493 e. The molecule has 0 spiro atoms. The van der Waals surface area contributed by atoms with Gasteiger partial charge in [-0.25, -0.2) is 0 Å². The van der Waals surface area contributed by atoms with E-state index < -0.39 is 0 Å². The Morgan fingerprint density at radius 2 is 1.82 bits per heavy atom. The maximum atomic E-state index is 12.2. The molecule has 4 nitrogen and oxygen atoms in total. The molecular formula is C17H18ClNO3. The number of amides is 1. The summed E-state index contributed by atoms with van der Waals surface area (Å²) >= 11 is 5.90. The van der Waals surface area contributed by atoms with E-state index in [4.69, 9.17) is 21.1 Å². The highest BCUT2D eigenvalue weighted by Crippen LogP contribution is 2.30. The number of anilines is 1. The van der Waals surface area contributed by atoms with E-state index in [1.54, 1.807) is 38.5 Å². The molecule has 0 heterocycles. The fourth-order valence-corrected chi connectivity index (χ4v) is 2.35. The molecule has 0 atom stereocenters. The van der Waals surface area contributed by atoms with Crippen molar-refractivity contribution in [3.63, 3.8) is 0 Å². The smallest absolute Gasteiger partial charge is 0.228 e. The summed E-state index contributed by atoms with van der Waals surface area (Å²) in [6.45, 7) is 1.93. The first-order valence-electron chi connectivity index (χ1n) is 6.80. The lowest BCUT2D eigenvalue weighted by molar-refractivity contribution is -0.115. The summed E-state index contributed by atoms with van der Waals surface area (Å²) in [5, 5.41) is 3.41. The lowest BCUT2D eigenvalue weighted by Crippen LogP contribution is -2.15. The Morgan fingerprint density at radius 3 is 2.45 bits per heavy atom. The average Bonchev–Trinajstić information content (AvgIpc) is 2.48. The normalized spacial score (nSPS) is 10.2. The molecule has 0 radical (unpaired) electrons. The van der Waals surface area contributed by atoms with Gasteiger partial charge in [-0.1, -0.05) is 17.7 Å². The van der Waals surface area contributed by atoms with Gasteiger partial charge in [0.05, 0.1) is 20.6 Å². The van der Waals surface area contributed by atoms with Crippen LogP contribution in [0.5, 0.6) is 11.5 Å². The van der Waals surface area contributed by atoms with Crippen LogP contribution in [0.3, 0.4) is 0 Å². The van der Waals surface area contributed by atoms with E-state index >= 15 is 0 Å². The van der Waals surface area contributed by atoms with Crippen molar-refractivity contribution in [1.82, 2.24) is 0 Å². The summed E-state index contributed by atoms with van der Waals surface area (Å²) in [5.74, 6) is 1.15. The van der Waals surface area contributed by atoms with Crippen LogP contribution in [0.15, 0.2) is 36.4 Å². The van der Waals surface area contributed by atoms with Crippen LogP contribution in [-0.2, 0) is 11.2 Å². The van der Waals surface area contributed by atoms with E-state index in [9.17, 15) is 4.79 Å². The van der Waals surface area contributed by atoms with Crippen LogP contribution < -0.4 is 14.8 Å². The van der Waals surface area contributed by atoms with Gasteiger partial charge in [0, 0.05) is 10.7 Å². The third-order valence-electron chi connectivity index (χ3n) is 3.30. The van der Waals surface area contributed by atoms with Gasteiger partial charge in [-0.3, -0.25) is 4.79 Å². The van der Waals surface area contributed by atoms with Gasteiger partial charge in [0.25, 0.3) is 0 Å². The van der Waals surface area contributed by atoms with Crippen LogP contribution in [0.4, 0.5) is 5.69 Å². The summed E-state index contributed by atoms with van der Waals surface area (Å²) in [5.41, 5.74) is 2.53. The lowest BCUT2D eigenvalue weighted by atomic mass is 10.0. The third kappa shape index (κ3) is 3.92. The van der Waals surface area contributed by atoms with Gasteiger partial charge in [0.15, 0.2) is 11.5 Å². The van der Waals surface area contributed by atoms with E-state index in [1.165, 1.54) is 0 Å². The molecule has 116 valence electrons. The zero-order valence-corrected chi connectivity index (χ0v) is 13.5. The Bertz CT molecular complexity index is 686. The van der Waals surface area contributed by atoms with Crippen molar-refractivity contribution >= 4 is 23.2 Å². The number of halogens is 1. The van der Waals surface area contributed by atoms with Crippen LogP contribution in [0.2, 0.25) is 5.02 Å². The quantitative estimate of drug-likeness (QED) is 0.910. The molecule has 2 aromatic rings. The summed E-state index contributed by atoms with van der Waals surface area (Å²) < 4.78 is 10.5. The van der Waals surface area contributed by atoms with Crippen LogP contribution in [0.1, 0.15) is 11.1 Å². The number of nitrogens with one attached hydrogen (secondary N) is 1. The molecule has 1 N–H and O–H groups in total. The molecule has 0 aliphatic rings. The second-order valence-corrected chi connectivity index (χ2v) is 5.31. The van der Waals surface area contributed by atoms with E-state index in [0.717, 1.165) is 11.1 Å². The van der Waals surface area contributed by atoms with Gasteiger partial charge in [0.2, 0.25) is 5.91 Å². The average molecular weight is 320 g/mol. The lowest BCUT2D eigenvalue weighted by Gasteiger charge is -2.13.